The maximum absolute atomic E-state index is 12.4. The van der Waals surface area contributed by atoms with Crippen molar-refractivity contribution in [3.63, 3.8) is 0 Å². The largest absolute Gasteiger partial charge is 0.493 e. The van der Waals surface area contributed by atoms with Gasteiger partial charge in [-0.05, 0) is 36.4 Å². The maximum atomic E-state index is 12.4. The quantitative estimate of drug-likeness (QED) is 0.560. The molecule has 0 bridgehead atoms. The number of nitrogens with zero attached hydrogens (tertiary/aromatic N) is 2. The molecule has 152 valence electrons. The summed E-state index contributed by atoms with van der Waals surface area (Å²) in [5, 5.41) is 3.71. The number of hydrogen-bond acceptors (Lipinski definition) is 6. The van der Waals surface area contributed by atoms with Crippen molar-refractivity contribution >= 4 is 45.8 Å². The van der Waals surface area contributed by atoms with Crippen molar-refractivity contribution < 1.29 is 19.1 Å². The monoisotopic (exact) mass is 441 g/mol. The molecule has 0 unspecified atom stereocenters. The van der Waals surface area contributed by atoms with Gasteiger partial charge in [0.15, 0.2) is 5.13 Å². The van der Waals surface area contributed by atoms with Crippen LogP contribution in [-0.4, -0.2) is 34.2 Å². The molecule has 30 heavy (non-hydrogen) atoms. The Balaban J connectivity index is 1.29. The van der Waals surface area contributed by atoms with Gasteiger partial charge in [-0.1, -0.05) is 35.1 Å². The first-order valence-corrected chi connectivity index (χ1v) is 10.3. The molecule has 0 saturated carbocycles. The molecule has 0 spiro atoms. The third-order valence-corrected chi connectivity index (χ3v) is 5.55. The molecule has 3 amide bonds. The Morgan fingerprint density at radius 2 is 1.73 bits per heavy atom. The Kier molecular flexibility index (Phi) is 5.78. The molecule has 2 heterocycles. The first-order valence-electron chi connectivity index (χ1n) is 9.09. The number of benzene rings is 2. The van der Waals surface area contributed by atoms with E-state index in [1.54, 1.807) is 54.7 Å². The standard InChI is InChI=1S/C21H16ClN3O4S/c22-13-5-7-14(8-6-13)29-10-9-18(26)24-21-23-11-15(30-21)12-25-19(27)16-3-1-2-4-17(16)20(25)28/h1-8,11H,9-10,12H2,(H,23,24,26). The van der Waals surface area contributed by atoms with E-state index in [1.807, 2.05) is 0 Å². The second-order valence-corrected chi connectivity index (χ2v) is 8.03. The summed E-state index contributed by atoms with van der Waals surface area (Å²) in [4.78, 5) is 43.0. The number of carbonyl (C=O) groups is 3. The number of thiazole rings is 1. The zero-order valence-electron chi connectivity index (χ0n) is 15.6. The molecule has 7 nitrogen and oxygen atoms in total. The zero-order chi connectivity index (χ0) is 21.1. The van der Waals surface area contributed by atoms with E-state index in [-0.39, 0.29) is 37.3 Å². The van der Waals surface area contributed by atoms with Gasteiger partial charge in [-0.25, -0.2) is 4.98 Å². The molecule has 1 aliphatic rings. The summed E-state index contributed by atoms with van der Waals surface area (Å²) >= 11 is 7.03. The number of imide groups is 1. The molecular formula is C21H16ClN3O4S. The van der Waals surface area contributed by atoms with Crippen LogP contribution in [0.25, 0.3) is 0 Å². The number of fused-ring (bicyclic) bond motifs is 1. The van der Waals surface area contributed by atoms with Crippen LogP contribution in [0, 0.1) is 0 Å². The van der Waals surface area contributed by atoms with Gasteiger partial charge in [0.05, 0.1) is 30.7 Å². The molecule has 4 rings (SSSR count). The van der Waals surface area contributed by atoms with Crippen LogP contribution < -0.4 is 10.1 Å². The Morgan fingerprint density at radius 3 is 2.40 bits per heavy atom. The lowest BCUT2D eigenvalue weighted by molar-refractivity contribution is -0.116. The summed E-state index contributed by atoms with van der Waals surface area (Å²) in [5.74, 6) is -0.266. The Bertz CT molecular complexity index is 1080. The number of nitrogens with one attached hydrogen (secondary N) is 1. The Labute approximate surface area is 181 Å². The highest BCUT2D eigenvalue weighted by Crippen LogP contribution is 2.27. The molecule has 0 fully saturated rings. The highest BCUT2D eigenvalue weighted by atomic mass is 35.5. The molecule has 0 aliphatic carbocycles. The van der Waals surface area contributed by atoms with E-state index in [4.69, 9.17) is 16.3 Å². The first-order chi connectivity index (χ1) is 14.5. The molecule has 2 aromatic carbocycles. The van der Waals surface area contributed by atoms with E-state index in [2.05, 4.69) is 10.3 Å². The maximum Gasteiger partial charge on any atom is 0.261 e. The van der Waals surface area contributed by atoms with E-state index in [9.17, 15) is 14.4 Å². The van der Waals surface area contributed by atoms with Crippen LogP contribution in [0.3, 0.4) is 0 Å². The predicted molar refractivity (Wildman–Crippen MR) is 113 cm³/mol. The minimum atomic E-state index is -0.325. The number of anilines is 1. The minimum absolute atomic E-state index is 0.111. The number of hydrogen-bond donors (Lipinski definition) is 1. The molecule has 0 atom stereocenters. The lowest BCUT2D eigenvalue weighted by atomic mass is 10.1. The minimum Gasteiger partial charge on any atom is -0.493 e. The van der Waals surface area contributed by atoms with Gasteiger partial charge in [-0.15, -0.1) is 0 Å². The molecule has 0 radical (unpaired) electrons. The van der Waals surface area contributed by atoms with Gasteiger partial charge in [-0.3, -0.25) is 19.3 Å². The van der Waals surface area contributed by atoms with Crippen LogP contribution >= 0.6 is 22.9 Å². The lowest BCUT2D eigenvalue weighted by Gasteiger charge is -2.11. The molecule has 9 heteroatoms. The average molecular weight is 442 g/mol. The van der Waals surface area contributed by atoms with Crippen LogP contribution in [-0.2, 0) is 11.3 Å². The Morgan fingerprint density at radius 1 is 1.07 bits per heavy atom. The lowest BCUT2D eigenvalue weighted by Crippen LogP contribution is -2.28. The fraction of sp³-hybridized carbons (Fsp3) is 0.143. The van der Waals surface area contributed by atoms with Crippen molar-refractivity contribution in [2.45, 2.75) is 13.0 Å². The molecular weight excluding hydrogens is 426 g/mol. The summed E-state index contributed by atoms with van der Waals surface area (Å²) < 4.78 is 5.50. The van der Waals surface area contributed by atoms with E-state index < -0.39 is 0 Å². The van der Waals surface area contributed by atoms with Crippen molar-refractivity contribution in [3.8, 4) is 5.75 Å². The second kappa shape index (κ2) is 8.64. The highest BCUT2D eigenvalue weighted by molar-refractivity contribution is 7.15. The summed E-state index contributed by atoms with van der Waals surface area (Å²) in [6.07, 6.45) is 1.70. The molecule has 0 saturated heterocycles. The van der Waals surface area contributed by atoms with E-state index >= 15 is 0 Å². The van der Waals surface area contributed by atoms with Crippen molar-refractivity contribution in [1.29, 1.82) is 0 Å². The Hall–Kier alpha value is -3.23. The predicted octanol–water partition coefficient (Wildman–Crippen LogP) is 4.00. The number of aromatic nitrogens is 1. The van der Waals surface area contributed by atoms with E-state index in [1.165, 1.54) is 16.2 Å². The van der Waals surface area contributed by atoms with Gasteiger partial charge in [0, 0.05) is 16.1 Å². The van der Waals surface area contributed by atoms with Crippen molar-refractivity contribution in [2.24, 2.45) is 0 Å². The van der Waals surface area contributed by atoms with Crippen LogP contribution in [0.15, 0.2) is 54.7 Å². The summed E-state index contributed by atoms with van der Waals surface area (Å²) in [6, 6.07) is 13.6. The number of halogens is 1. The smallest absolute Gasteiger partial charge is 0.261 e. The zero-order valence-corrected chi connectivity index (χ0v) is 17.2. The normalized spacial score (nSPS) is 12.8. The topological polar surface area (TPSA) is 88.6 Å². The van der Waals surface area contributed by atoms with Crippen molar-refractivity contribution in [1.82, 2.24) is 9.88 Å². The summed E-state index contributed by atoms with van der Waals surface area (Å²) in [6.45, 7) is 0.320. The number of rotatable bonds is 7. The van der Waals surface area contributed by atoms with Crippen molar-refractivity contribution in [2.75, 3.05) is 11.9 Å². The fourth-order valence-electron chi connectivity index (χ4n) is 2.95. The molecule has 1 N–H and O–H groups in total. The SMILES string of the molecule is O=C(CCOc1ccc(Cl)cc1)Nc1ncc(CN2C(=O)c3ccccc3C2=O)s1. The summed E-state index contributed by atoms with van der Waals surface area (Å²) in [5.41, 5.74) is 0.808. The van der Waals surface area contributed by atoms with Crippen LogP contribution in [0.2, 0.25) is 5.02 Å². The summed E-state index contributed by atoms with van der Waals surface area (Å²) in [7, 11) is 0. The van der Waals surface area contributed by atoms with Gasteiger partial charge in [0.2, 0.25) is 5.91 Å². The van der Waals surface area contributed by atoms with Crippen LogP contribution in [0.5, 0.6) is 5.75 Å². The fourth-order valence-corrected chi connectivity index (χ4v) is 3.89. The number of ether oxygens (including phenoxy) is 1. The second-order valence-electron chi connectivity index (χ2n) is 6.47. The van der Waals surface area contributed by atoms with Gasteiger partial charge in [-0.2, -0.15) is 0 Å². The number of carbonyl (C=O) groups excluding carboxylic acids is 3. The molecule has 3 aromatic rings. The van der Waals surface area contributed by atoms with E-state index in [0.29, 0.717) is 31.9 Å². The first kappa shape index (κ1) is 20.1. The third-order valence-electron chi connectivity index (χ3n) is 4.40. The van der Waals surface area contributed by atoms with E-state index in [0.717, 1.165) is 0 Å². The third kappa shape index (κ3) is 4.34. The number of amides is 3. The van der Waals surface area contributed by atoms with Gasteiger partial charge < -0.3 is 10.1 Å². The highest BCUT2D eigenvalue weighted by Gasteiger charge is 2.35. The average Bonchev–Trinajstić information content (AvgIpc) is 3.28. The van der Waals surface area contributed by atoms with Crippen molar-refractivity contribution in [3.05, 3.63) is 75.8 Å². The molecule has 1 aromatic heterocycles. The molecule has 1 aliphatic heterocycles. The van der Waals surface area contributed by atoms with Gasteiger partial charge >= 0.3 is 0 Å². The van der Waals surface area contributed by atoms with Crippen LogP contribution in [0.4, 0.5) is 5.13 Å². The van der Waals surface area contributed by atoms with Crippen LogP contribution in [0.1, 0.15) is 32.0 Å². The van der Waals surface area contributed by atoms with Gasteiger partial charge in [0.25, 0.3) is 11.8 Å². The van der Waals surface area contributed by atoms with Gasteiger partial charge in [0.1, 0.15) is 5.75 Å².